The van der Waals surface area contributed by atoms with Crippen LogP contribution in [-0.2, 0) is 11.2 Å². The van der Waals surface area contributed by atoms with Crippen LogP contribution in [0, 0.1) is 6.92 Å². The number of nitrogens with zero attached hydrogens (tertiary/aromatic N) is 4. The molecule has 0 saturated carbocycles. The number of amides is 1. The van der Waals surface area contributed by atoms with Crippen molar-refractivity contribution in [1.29, 1.82) is 0 Å². The molecule has 0 radical (unpaired) electrons. The lowest BCUT2D eigenvalue weighted by Gasteiger charge is -2.36. The van der Waals surface area contributed by atoms with Crippen LogP contribution in [0.1, 0.15) is 31.2 Å². The monoisotopic (exact) mass is 477 g/mol. The molecule has 1 amide bonds. The van der Waals surface area contributed by atoms with Crippen molar-refractivity contribution < 1.29 is 14.1 Å². The minimum Gasteiger partial charge on any atom is -0.494 e. The molecule has 1 saturated heterocycles. The van der Waals surface area contributed by atoms with Crippen molar-refractivity contribution in [1.82, 2.24) is 20.4 Å². The fourth-order valence-electron chi connectivity index (χ4n) is 4.23. The van der Waals surface area contributed by atoms with Crippen molar-refractivity contribution >= 4 is 11.6 Å². The molecule has 35 heavy (non-hydrogen) atoms. The van der Waals surface area contributed by atoms with Crippen LogP contribution in [-0.4, -0.2) is 66.8 Å². The van der Waals surface area contributed by atoms with Gasteiger partial charge in [-0.3, -0.25) is 9.69 Å². The van der Waals surface area contributed by atoms with Crippen molar-refractivity contribution in [3.63, 3.8) is 0 Å². The first kappa shape index (κ1) is 24.7. The van der Waals surface area contributed by atoms with Gasteiger partial charge < -0.3 is 19.5 Å². The van der Waals surface area contributed by atoms with E-state index in [0.717, 1.165) is 50.5 Å². The van der Waals surface area contributed by atoms with E-state index >= 15 is 0 Å². The van der Waals surface area contributed by atoms with Crippen molar-refractivity contribution in [2.24, 2.45) is 0 Å². The van der Waals surface area contributed by atoms with Gasteiger partial charge in [0.1, 0.15) is 5.75 Å². The largest absolute Gasteiger partial charge is 0.494 e. The molecule has 0 atom stereocenters. The highest BCUT2D eigenvalue weighted by Gasteiger charge is 2.17. The van der Waals surface area contributed by atoms with Gasteiger partial charge in [-0.2, -0.15) is 4.98 Å². The molecule has 0 unspecified atom stereocenters. The summed E-state index contributed by atoms with van der Waals surface area (Å²) in [4.78, 5) is 21.6. The van der Waals surface area contributed by atoms with Crippen LogP contribution in [0.3, 0.4) is 0 Å². The lowest BCUT2D eigenvalue weighted by Crippen LogP contribution is -2.47. The lowest BCUT2D eigenvalue weighted by molar-refractivity contribution is -0.121. The maximum Gasteiger partial charge on any atom is 0.227 e. The number of rotatable bonds is 11. The Morgan fingerprint density at radius 1 is 1.11 bits per heavy atom. The molecule has 1 fully saturated rings. The van der Waals surface area contributed by atoms with E-state index in [1.165, 1.54) is 11.3 Å². The molecule has 2 heterocycles. The van der Waals surface area contributed by atoms with Crippen LogP contribution < -0.4 is 15.0 Å². The van der Waals surface area contributed by atoms with E-state index in [0.29, 0.717) is 37.7 Å². The summed E-state index contributed by atoms with van der Waals surface area (Å²) in [5.74, 6) is 1.80. The van der Waals surface area contributed by atoms with E-state index in [1.54, 1.807) is 0 Å². The van der Waals surface area contributed by atoms with Gasteiger partial charge in [-0.1, -0.05) is 17.3 Å². The molecule has 8 nitrogen and oxygen atoms in total. The van der Waals surface area contributed by atoms with Crippen molar-refractivity contribution in [3.05, 3.63) is 60.0 Å². The smallest absolute Gasteiger partial charge is 0.227 e. The van der Waals surface area contributed by atoms with Crippen LogP contribution >= 0.6 is 0 Å². The number of benzene rings is 2. The molecule has 186 valence electrons. The van der Waals surface area contributed by atoms with Gasteiger partial charge in [-0.05, 0) is 68.8 Å². The van der Waals surface area contributed by atoms with Crippen LogP contribution in [0.4, 0.5) is 5.69 Å². The number of piperazine rings is 1. The first-order valence-corrected chi connectivity index (χ1v) is 12.5. The third-order valence-corrected chi connectivity index (χ3v) is 6.17. The number of aryl methyl sites for hydroxylation is 2. The molecular formula is C27H35N5O3. The van der Waals surface area contributed by atoms with Gasteiger partial charge >= 0.3 is 0 Å². The Morgan fingerprint density at radius 3 is 2.66 bits per heavy atom. The first-order chi connectivity index (χ1) is 17.1. The molecular weight excluding hydrogens is 442 g/mol. The molecule has 1 N–H and O–H groups in total. The number of anilines is 1. The maximum absolute atomic E-state index is 12.2. The second-order valence-electron chi connectivity index (χ2n) is 8.84. The Hall–Kier alpha value is -3.39. The summed E-state index contributed by atoms with van der Waals surface area (Å²) in [5, 5.41) is 7.04. The normalized spacial score (nSPS) is 14.2. The number of carbonyl (C=O) groups is 1. The van der Waals surface area contributed by atoms with Crippen LogP contribution in [0.25, 0.3) is 11.4 Å². The summed E-state index contributed by atoms with van der Waals surface area (Å²) >= 11 is 0. The fraction of sp³-hybridized carbons (Fsp3) is 0.444. The highest BCUT2D eigenvalue weighted by atomic mass is 16.5. The SMILES string of the molecule is CCOc1ccc(-c2noc(CCC(=O)NCCCN3CCN(c4cccc(C)c4)CC3)n2)cc1. The minimum absolute atomic E-state index is 0.00934. The van der Waals surface area contributed by atoms with Gasteiger partial charge in [0, 0.05) is 56.8 Å². The van der Waals surface area contributed by atoms with E-state index in [-0.39, 0.29) is 5.91 Å². The van der Waals surface area contributed by atoms with Crippen LogP contribution in [0.15, 0.2) is 53.1 Å². The molecule has 8 heteroatoms. The molecule has 1 aromatic heterocycles. The predicted molar refractivity (Wildman–Crippen MR) is 137 cm³/mol. The van der Waals surface area contributed by atoms with Gasteiger partial charge in [-0.15, -0.1) is 0 Å². The molecule has 1 aliphatic rings. The summed E-state index contributed by atoms with van der Waals surface area (Å²) in [5.41, 5.74) is 3.46. The summed E-state index contributed by atoms with van der Waals surface area (Å²) in [7, 11) is 0. The van der Waals surface area contributed by atoms with E-state index < -0.39 is 0 Å². The number of carbonyl (C=O) groups excluding carboxylic acids is 1. The number of hydrogen-bond donors (Lipinski definition) is 1. The molecule has 0 spiro atoms. The summed E-state index contributed by atoms with van der Waals surface area (Å²) in [6, 6.07) is 16.3. The molecule has 0 aliphatic carbocycles. The van der Waals surface area contributed by atoms with Gasteiger partial charge in [0.15, 0.2) is 0 Å². The zero-order valence-electron chi connectivity index (χ0n) is 20.7. The fourth-order valence-corrected chi connectivity index (χ4v) is 4.23. The summed E-state index contributed by atoms with van der Waals surface area (Å²) < 4.78 is 10.8. The third-order valence-electron chi connectivity index (χ3n) is 6.17. The van der Waals surface area contributed by atoms with E-state index in [1.807, 2.05) is 31.2 Å². The predicted octanol–water partition coefficient (Wildman–Crippen LogP) is 3.70. The average molecular weight is 478 g/mol. The van der Waals surface area contributed by atoms with Gasteiger partial charge in [-0.25, -0.2) is 0 Å². The van der Waals surface area contributed by atoms with E-state index in [9.17, 15) is 4.79 Å². The van der Waals surface area contributed by atoms with Gasteiger partial charge in [0.25, 0.3) is 0 Å². The zero-order chi connectivity index (χ0) is 24.5. The Bertz CT molecular complexity index is 1070. The van der Waals surface area contributed by atoms with E-state index in [4.69, 9.17) is 9.26 Å². The Balaban J connectivity index is 1.10. The molecule has 0 bridgehead atoms. The lowest BCUT2D eigenvalue weighted by atomic mass is 10.2. The Kier molecular flexibility index (Phi) is 8.73. The number of ether oxygens (including phenoxy) is 1. The Labute approximate surface area is 207 Å². The maximum atomic E-state index is 12.2. The number of nitrogens with one attached hydrogen (secondary N) is 1. The molecule has 1 aliphatic heterocycles. The van der Waals surface area contributed by atoms with Crippen molar-refractivity contribution in [2.45, 2.75) is 33.1 Å². The Morgan fingerprint density at radius 2 is 1.91 bits per heavy atom. The number of aromatic nitrogens is 2. The molecule has 2 aromatic carbocycles. The second-order valence-corrected chi connectivity index (χ2v) is 8.84. The topological polar surface area (TPSA) is 83.7 Å². The van der Waals surface area contributed by atoms with Crippen molar-refractivity contribution in [2.75, 3.05) is 50.8 Å². The third kappa shape index (κ3) is 7.29. The quantitative estimate of drug-likeness (QED) is 0.422. The molecule has 3 aromatic rings. The zero-order valence-corrected chi connectivity index (χ0v) is 20.7. The number of hydrogen-bond acceptors (Lipinski definition) is 7. The van der Waals surface area contributed by atoms with Gasteiger partial charge in [0.2, 0.25) is 17.6 Å². The average Bonchev–Trinajstić information content (AvgIpc) is 3.36. The second kappa shape index (κ2) is 12.4. The summed E-state index contributed by atoms with van der Waals surface area (Å²) in [6.07, 6.45) is 1.70. The van der Waals surface area contributed by atoms with Gasteiger partial charge in [0.05, 0.1) is 6.61 Å². The standard InChI is InChI=1S/C27H35N5O3/c1-3-34-24-10-8-22(9-11-24)27-29-26(35-30-27)13-12-25(33)28-14-5-15-31-16-18-32(19-17-31)23-7-4-6-21(2)20-23/h4,6-11,20H,3,5,12-19H2,1-2H3,(H,28,33). The van der Waals surface area contributed by atoms with Crippen molar-refractivity contribution in [3.8, 4) is 17.1 Å². The first-order valence-electron chi connectivity index (χ1n) is 12.5. The molecule has 4 rings (SSSR count). The highest BCUT2D eigenvalue weighted by molar-refractivity contribution is 5.76. The van der Waals surface area contributed by atoms with Crippen LogP contribution in [0.5, 0.6) is 5.75 Å². The highest BCUT2D eigenvalue weighted by Crippen LogP contribution is 2.20. The minimum atomic E-state index is 0.00934. The summed E-state index contributed by atoms with van der Waals surface area (Å²) in [6.45, 7) is 10.6. The van der Waals surface area contributed by atoms with Crippen LogP contribution in [0.2, 0.25) is 0 Å². The van der Waals surface area contributed by atoms with E-state index in [2.05, 4.69) is 56.4 Å².